The molecule has 0 saturated carbocycles. The molecular weight excluding hydrogens is 233 g/mol. The number of nitrogens with zero attached hydrogens (tertiary/aromatic N) is 1. The number of ether oxygens (including phenoxy) is 1. The maximum absolute atomic E-state index is 12.5. The number of aromatic nitrogens is 1. The van der Waals surface area contributed by atoms with Crippen LogP contribution in [0.2, 0.25) is 0 Å². The highest BCUT2D eigenvalue weighted by Gasteiger charge is 2.34. The fourth-order valence-electron chi connectivity index (χ4n) is 1.24. The predicted molar refractivity (Wildman–Crippen MR) is 57.9 cm³/mol. The topological polar surface area (TPSA) is 34.1 Å². The molecule has 0 radical (unpaired) electrons. The van der Waals surface area contributed by atoms with Crippen LogP contribution < -0.4 is 10.1 Å². The zero-order valence-corrected chi connectivity index (χ0v) is 9.55. The average Bonchev–Trinajstić information content (AvgIpc) is 2.28. The molecule has 0 bridgehead atoms. The number of hydrogen-bond acceptors (Lipinski definition) is 3. The Bertz CT molecular complexity index is 342. The smallest absolute Gasteiger partial charge is 0.421 e. The largest absolute Gasteiger partial charge is 0.476 e. The molecule has 0 unspecified atom stereocenters. The van der Waals surface area contributed by atoms with E-state index >= 15 is 0 Å². The van der Waals surface area contributed by atoms with E-state index in [4.69, 9.17) is 4.74 Å². The first-order valence-electron chi connectivity index (χ1n) is 5.41. The maximum Gasteiger partial charge on any atom is 0.421 e. The van der Waals surface area contributed by atoms with Gasteiger partial charge in [-0.3, -0.25) is 0 Å². The molecule has 0 aliphatic heterocycles. The van der Waals surface area contributed by atoms with E-state index < -0.39 is 11.7 Å². The predicted octanol–water partition coefficient (Wildman–Crippen LogP) is 2.48. The Morgan fingerprint density at radius 2 is 2.12 bits per heavy atom. The fourth-order valence-corrected chi connectivity index (χ4v) is 1.24. The second-order valence-corrected chi connectivity index (χ2v) is 3.45. The minimum absolute atomic E-state index is 0.167. The van der Waals surface area contributed by atoms with Gasteiger partial charge in [0.15, 0.2) is 0 Å². The molecule has 0 fully saturated rings. The molecule has 0 aliphatic carbocycles. The van der Waals surface area contributed by atoms with Crippen molar-refractivity contribution in [1.82, 2.24) is 10.3 Å². The lowest BCUT2D eigenvalue weighted by molar-refractivity contribution is -0.139. The molecule has 0 aliphatic rings. The molecule has 1 heterocycles. The molecule has 0 atom stereocenters. The maximum atomic E-state index is 12.5. The SMILES string of the molecule is CCCNCCOc1ncccc1C(F)(F)F. The van der Waals surface area contributed by atoms with Crippen LogP contribution in [0.15, 0.2) is 18.3 Å². The van der Waals surface area contributed by atoms with Gasteiger partial charge < -0.3 is 10.1 Å². The van der Waals surface area contributed by atoms with Gasteiger partial charge in [0.2, 0.25) is 5.88 Å². The van der Waals surface area contributed by atoms with Gasteiger partial charge in [-0.05, 0) is 25.1 Å². The standard InChI is InChI=1S/C11H15F3N2O/c1-2-5-15-7-8-17-10-9(11(12,13)14)4-3-6-16-10/h3-4,6,15H,2,5,7-8H2,1H3. The van der Waals surface area contributed by atoms with Gasteiger partial charge in [-0.1, -0.05) is 6.92 Å². The van der Waals surface area contributed by atoms with E-state index in [0.717, 1.165) is 19.0 Å². The van der Waals surface area contributed by atoms with Crippen LogP contribution in [0.5, 0.6) is 5.88 Å². The van der Waals surface area contributed by atoms with Gasteiger partial charge in [0.1, 0.15) is 12.2 Å². The molecule has 1 aromatic rings. The van der Waals surface area contributed by atoms with Gasteiger partial charge in [-0.25, -0.2) is 4.98 Å². The van der Waals surface area contributed by atoms with E-state index in [2.05, 4.69) is 10.3 Å². The molecule has 0 aromatic carbocycles. The van der Waals surface area contributed by atoms with Crippen molar-refractivity contribution in [1.29, 1.82) is 0 Å². The molecular formula is C11H15F3N2O. The van der Waals surface area contributed by atoms with Crippen molar-refractivity contribution in [3.63, 3.8) is 0 Å². The van der Waals surface area contributed by atoms with E-state index in [1.165, 1.54) is 12.3 Å². The van der Waals surface area contributed by atoms with Crippen molar-refractivity contribution >= 4 is 0 Å². The Hall–Kier alpha value is -1.30. The van der Waals surface area contributed by atoms with Crippen molar-refractivity contribution in [2.45, 2.75) is 19.5 Å². The number of pyridine rings is 1. The summed E-state index contributed by atoms with van der Waals surface area (Å²) >= 11 is 0. The van der Waals surface area contributed by atoms with Gasteiger partial charge in [0.05, 0.1) is 0 Å². The number of nitrogens with one attached hydrogen (secondary N) is 1. The Morgan fingerprint density at radius 1 is 1.35 bits per heavy atom. The summed E-state index contributed by atoms with van der Waals surface area (Å²) < 4.78 is 42.6. The Labute approximate surface area is 98.0 Å². The quantitative estimate of drug-likeness (QED) is 0.785. The summed E-state index contributed by atoms with van der Waals surface area (Å²) in [6.45, 7) is 3.49. The summed E-state index contributed by atoms with van der Waals surface area (Å²) in [5, 5.41) is 3.03. The van der Waals surface area contributed by atoms with Crippen LogP contribution in [0.3, 0.4) is 0 Å². The monoisotopic (exact) mass is 248 g/mol. The lowest BCUT2D eigenvalue weighted by atomic mass is 10.2. The third-order valence-corrected chi connectivity index (χ3v) is 2.02. The number of hydrogen-bond donors (Lipinski definition) is 1. The van der Waals surface area contributed by atoms with E-state index in [9.17, 15) is 13.2 Å². The molecule has 0 amide bonds. The number of alkyl halides is 3. The van der Waals surface area contributed by atoms with Crippen LogP contribution in [-0.2, 0) is 6.18 Å². The normalized spacial score (nSPS) is 11.5. The fraction of sp³-hybridized carbons (Fsp3) is 0.545. The second kappa shape index (κ2) is 6.44. The first kappa shape index (κ1) is 13.8. The highest BCUT2D eigenvalue weighted by molar-refractivity contribution is 5.28. The van der Waals surface area contributed by atoms with Crippen molar-refractivity contribution in [2.75, 3.05) is 19.7 Å². The van der Waals surface area contributed by atoms with Crippen LogP contribution in [0.25, 0.3) is 0 Å². The van der Waals surface area contributed by atoms with Crippen molar-refractivity contribution in [3.05, 3.63) is 23.9 Å². The van der Waals surface area contributed by atoms with Gasteiger partial charge in [0, 0.05) is 12.7 Å². The van der Waals surface area contributed by atoms with Crippen LogP contribution in [0.1, 0.15) is 18.9 Å². The van der Waals surface area contributed by atoms with Crippen molar-refractivity contribution in [2.24, 2.45) is 0 Å². The van der Waals surface area contributed by atoms with Crippen molar-refractivity contribution < 1.29 is 17.9 Å². The van der Waals surface area contributed by atoms with Gasteiger partial charge in [0.25, 0.3) is 0 Å². The van der Waals surface area contributed by atoms with Crippen LogP contribution in [0, 0.1) is 0 Å². The van der Waals surface area contributed by atoms with Crippen molar-refractivity contribution in [3.8, 4) is 5.88 Å². The number of halogens is 3. The summed E-state index contributed by atoms with van der Waals surface area (Å²) in [6.07, 6.45) is -2.18. The minimum atomic E-state index is -4.43. The third-order valence-electron chi connectivity index (χ3n) is 2.02. The molecule has 1 aromatic heterocycles. The zero-order valence-electron chi connectivity index (χ0n) is 9.55. The van der Waals surface area contributed by atoms with Gasteiger partial charge in [-0.15, -0.1) is 0 Å². The van der Waals surface area contributed by atoms with E-state index in [-0.39, 0.29) is 12.5 Å². The second-order valence-electron chi connectivity index (χ2n) is 3.45. The highest BCUT2D eigenvalue weighted by Crippen LogP contribution is 2.34. The van der Waals surface area contributed by atoms with Crippen LogP contribution in [0.4, 0.5) is 13.2 Å². The van der Waals surface area contributed by atoms with E-state index in [1.807, 2.05) is 6.92 Å². The Kier molecular flexibility index (Phi) is 5.21. The summed E-state index contributed by atoms with van der Waals surface area (Å²) in [6, 6.07) is 2.20. The summed E-state index contributed by atoms with van der Waals surface area (Å²) in [5.74, 6) is -0.363. The first-order chi connectivity index (χ1) is 8.05. The summed E-state index contributed by atoms with van der Waals surface area (Å²) in [4.78, 5) is 3.59. The average molecular weight is 248 g/mol. The molecule has 0 spiro atoms. The molecule has 0 saturated heterocycles. The van der Waals surface area contributed by atoms with Gasteiger partial charge in [-0.2, -0.15) is 13.2 Å². The first-order valence-corrected chi connectivity index (χ1v) is 5.41. The molecule has 6 heteroatoms. The third kappa shape index (κ3) is 4.60. The summed E-state index contributed by atoms with van der Waals surface area (Å²) in [5.41, 5.74) is -0.838. The lowest BCUT2D eigenvalue weighted by Gasteiger charge is -2.12. The number of rotatable bonds is 6. The zero-order chi connectivity index (χ0) is 12.7. The van der Waals surface area contributed by atoms with Crippen LogP contribution >= 0.6 is 0 Å². The molecule has 17 heavy (non-hydrogen) atoms. The molecule has 96 valence electrons. The molecule has 3 nitrogen and oxygen atoms in total. The summed E-state index contributed by atoms with van der Waals surface area (Å²) in [7, 11) is 0. The lowest BCUT2D eigenvalue weighted by Crippen LogP contribution is -2.22. The van der Waals surface area contributed by atoms with Crippen LogP contribution in [-0.4, -0.2) is 24.7 Å². The van der Waals surface area contributed by atoms with E-state index in [1.54, 1.807) is 0 Å². The molecule has 1 rings (SSSR count). The van der Waals surface area contributed by atoms with Gasteiger partial charge >= 0.3 is 6.18 Å². The van der Waals surface area contributed by atoms with E-state index in [0.29, 0.717) is 6.54 Å². The highest BCUT2D eigenvalue weighted by atomic mass is 19.4. The Balaban J connectivity index is 2.53. The minimum Gasteiger partial charge on any atom is -0.476 e. The molecule has 1 N–H and O–H groups in total. The Morgan fingerprint density at radius 3 is 2.76 bits per heavy atom.